The van der Waals surface area contributed by atoms with Crippen LogP contribution in [0.15, 0.2) is 0 Å². The largest absolute Gasteiger partial charge is 0.431 e. The monoisotopic (exact) mass is 504 g/mol. The van der Waals surface area contributed by atoms with Crippen molar-refractivity contribution in [1.29, 1.82) is 0 Å². The first-order valence-corrected chi connectivity index (χ1v) is 27.1. The zero-order chi connectivity index (χ0) is 21.9. The molecule has 3 nitrogen and oxygen atoms in total. The summed E-state index contributed by atoms with van der Waals surface area (Å²) in [5, 5.41) is 0. The van der Waals surface area contributed by atoms with Gasteiger partial charge in [-0.1, -0.05) is 62.8 Å². The summed E-state index contributed by atoms with van der Waals surface area (Å²) in [6, 6.07) is 1.20. The molecule has 0 aliphatic carbocycles. The van der Waals surface area contributed by atoms with Crippen molar-refractivity contribution in [3.05, 3.63) is 0 Å². The van der Waals surface area contributed by atoms with Crippen LogP contribution in [0.2, 0.25) is 51.9 Å². The molecule has 0 rings (SSSR count). The molecule has 0 aromatic rings. The van der Waals surface area contributed by atoms with Gasteiger partial charge in [-0.3, -0.25) is 0 Å². The molecular weight excluding hydrogens is 459 g/mol. The summed E-state index contributed by atoms with van der Waals surface area (Å²) in [6.45, 7) is 24.6. The van der Waals surface area contributed by atoms with E-state index in [-0.39, 0.29) is 9.56 Å². The lowest BCUT2D eigenvalue weighted by Gasteiger charge is -2.49. The van der Waals surface area contributed by atoms with Crippen LogP contribution in [0.5, 0.6) is 0 Å². The minimum absolute atomic E-state index is 0.0352. The summed E-state index contributed by atoms with van der Waals surface area (Å²) in [5.41, 5.74) is 0. The van der Waals surface area contributed by atoms with E-state index >= 15 is 0 Å². The van der Waals surface area contributed by atoms with Crippen LogP contribution in [-0.4, -0.2) is 64.6 Å². The maximum Gasteiger partial charge on any atom is 0.206 e. The molecular formula is C17H46O3P2SSi4. The molecule has 0 saturated carbocycles. The highest BCUT2D eigenvalue weighted by molar-refractivity contribution is 8.37. The van der Waals surface area contributed by atoms with Gasteiger partial charge in [-0.2, -0.15) is 11.2 Å². The predicted octanol–water partition coefficient (Wildman–Crippen LogP) is 5.92. The molecule has 0 saturated heterocycles. The molecule has 3 unspecified atom stereocenters. The van der Waals surface area contributed by atoms with Gasteiger partial charge in [-0.15, -0.1) is 0 Å². The molecule has 0 aromatic carbocycles. The molecule has 0 radical (unpaired) electrons. The highest BCUT2D eigenvalue weighted by Gasteiger charge is 2.51. The van der Waals surface area contributed by atoms with E-state index in [1.165, 1.54) is 18.2 Å². The fourth-order valence-corrected chi connectivity index (χ4v) is 37.6. The average molecular weight is 505 g/mol. The van der Waals surface area contributed by atoms with Gasteiger partial charge in [0.25, 0.3) is 0 Å². The second-order valence-corrected chi connectivity index (χ2v) is 41.9. The zero-order valence-corrected chi connectivity index (χ0v) is 26.7. The molecule has 164 valence electrons. The predicted molar refractivity (Wildman–Crippen MR) is 142 cm³/mol. The summed E-state index contributed by atoms with van der Waals surface area (Å²) in [5.74, 6) is 1.23. The first-order valence-electron chi connectivity index (χ1n) is 9.95. The lowest BCUT2D eigenvalue weighted by atomic mass is 10.5. The van der Waals surface area contributed by atoms with Crippen LogP contribution >= 0.6 is 26.6 Å². The van der Waals surface area contributed by atoms with E-state index in [2.05, 4.69) is 84.7 Å². The van der Waals surface area contributed by atoms with E-state index in [4.69, 9.17) is 4.43 Å². The summed E-state index contributed by atoms with van der Waals surface area (Å²) >= 11 is 2.17. The van der Waals surface area contributed by atoms with E-state index in [0.29, 0.717) is 8.27 Å². The fourth-order valence-electron chi connectivity index (χ4n) is 2.29. The Hall–Kier alpha value is 1.96. The Bertz CT molecular complexity index is 461. The van der Waals surface area contributed by atoms with Crippen molar-refractivity contribution < 1.29 is 14.0 Å². The van der Waals surface area contributed by atoms with E-state index < -0.39 is 39.7 Å². The molecule has 0 fully saturated rings. The Balaban J connectivity index is 5.55. The van der Waals surface area contributed by atoms with Crippen LogP contribution in [0.1, 0.15) is 34.1 Å². The van der Waals surface area contributed by atoms with Gasteiger partial charge in [0.1, 0.15) is 7.22 Å². The minimum Gasteiger partial charge on any atom is -0.431 e. The van der Waals surface area contributed by atoms with Gasteiger partial charge >= 0.3 is 0 Å². The van der Waals surface area contributed by atoms with Gasteiger partial charge in [-0.25, -0.2) is 0 Å². The third kappa shape index (κ3) is 9.32. The van der Waals surface area contributed by atoms with Gasteiger partial charge in [0, 0.05) is 16.7 Å². The van der Waals surface area contributed by atoms with Gasteiger partial charge in [0.05, 0.1) is 0 Å². The quantitative estimate of drug-likeness (QED) is 0.197. The molecule has 0 heterocycles. The molecule has 27 heavy (non-hydrogen) atoms. The standard InChI is InChI=1S/C17H46O3P2SSi4/c1-16(2,26(9,10)18)21-22(17(3,4)27(11,12)19)24(20-5)15-13-14-23-25(6,7)8/h18-19,21,24H,13-15H2,1-12H3. The van der Waals surface area contributed by atoms with E-state index in [1.807, 2.05) is 7.11 Å². The average Bonchev–Trinajstić information content (AvgIpc) is 2.41. The second-order valence-electron chi connectivity index (χ2n) is 10.6. The van der Waals surface area contributed by atoms with Crippen molar-refractivity contribution in [3.63, 3.8) is 0 Å². The third-order valence-corrected chi connectivity index (χ3v) is 39.9. The zero-order valence-electron chi connectivity index (χ0n) is 19.9. The molecule has 2 N–H and O–H groups in total. The van der Waals surface area contributed by atoms with E-state index in [0.717, 1.165) is 0 Å². The summed E-state index contributed by atoms with van der Waals surface area (Å²) in [6.07, 6.45) is 1.23. The Kier molecular flexibility index (Phi) is 11.3. The topological polar surface area (TPSA) is 49.7 Å². The lowest BCUT2D eigenvalue weighted by Crippen LogP contribution is -2.52. The maximum absolute atomic E-state index is 11.1. The molecule has 0 aliphatic heterocycles. The third-order valence-electron chi connectivity index (χ3n) is 5.72. The van der Waals surface area contributed by atoms with Crippen molar-refractivity contribution in [2.24, 2.45) is 0 Å². The molecule has 0 amide bonds. The van der Waals surface area contributed by atoms with Gasteiger partial charge in [0.15, 0.2) is 16.6 Å². The normalized spacial score (nSPS) is 17.6. The van der Waals surface area contributed by atoms with Crippen LogP contribution in [-0.2, 0) is 4.43 Å². The summed E-state index contributed by atoms with van der Waals surface area (Å²) in [7, 11) is -4.93. The van der Waals surface area contributed by atoms with Crippen molar-refractivity contribution in [2.75, 3.05) is 12.9 Å². The molecule has 0 aliphatic rings. The number of hydrogen-bond acceptors (Lipinski definition) is 4. The molecule has 0 aromatic heterocycles. The van der Waals surface area contributed by atoms with Crippen molar-refractivity contribution in [3.8, 4) is 0 Å². The minimum atomic E-state index is -2.34. The highest BCUT2D eigenvalue weighted by atomic mass is 32.4. The maximum atomic E-state index is 11.1. The van der Waals surface area contributed by atoms with Crippen molar-refractivity contribution in [2.45, 2.75) is 95.5 Å². The summed E-state index contributed by atoms with van der Waals surface area (Å²) < 4.78 is 6.13. The van der Waals surface area contributed by atoms with E-state index in [1.54, 1.807) is 0 Å². The van der Waals surface area contributed by atoms with Crippen LogP contribution < -0.4 is 0 Å². The molecule has 10 heteroatoms. The number of rotatable bonds is 12. The van der Waals surface area contributed by atoms with Gasteiger partial charge < -0.3 is 14.0 Å². The Morgan fingerprint density at radius 3 is 1.78 bits per heavy atom. The Morgan fingerprint density at radius 1 is 0.963 bits per heavy atom. The fraction of sp³-hybridized carbons (Fsp3) is 1.00. The van der Waals surface area contributed by atoms with Crippen LogP contribution in [0, 0.1) is 0 Å². The first kappa shape index (κ1) is 29.0. The highest BCUT2D eigenvalue weighted by Crippen LogP contribution is 2.73. The lowest BCUT2D eigenvalue weighted by molar-refractivity contribution is 0.433. The van der Waals surface area contributed by atoms with Crippen LogP contribution in [0.4, 0.5) is 0 Å². The summed E-state index contributed by atoms with van der Waals surface area (Å²) in [4.78, 5) is 22.0. The SMILES string of the molecule is CO[SiH](CCCS[Si](C)(C)C)P(PC(C)(C)[Si](C)(C)O)C(C)(C)[Si](C)(C)O. The Labute approximate surface area is 181 Å². The second kappa shape index (κ2) is 10.5. The van der Waals surface area contributed by atoms with E-state index in [9.17, 15) is 9.59 Å². The van der Waals surface area contributed by atoms with Crippen molar-refractivity contribution in [1.82, 2.24) is 0 Å². The molecule has 0 bridgehead atoms. The smallest absolute Gasteiger partial charge is 0.206 e. The van der Waals surface area contributed by atoms with Crippen LogP contribution in [0.25, 0.3) is 0 Å². The Morgan fingerprint density at radius 2 is 1.44 bits per heavy atom. The van der Waals surface area contributed by atoms with Crippen molar-refractivity contribution >= 4 is 59.2 Å². The first-order chi connectivity index (χ1) is 11.8. The van der Waals surface area contributed by atoms with Crippen LogP contribution in [0.3, 0.4) is 0 Å². The number of hydrogen-bond donors (Lipinski definition) is 2. The van der Waals surface area contributed by atoms with Gasteiger partial charge in [0.2, 0.25) is 8.71 Å². The molecule has 0 spiro atoms. The molecule has 3 atom stereocenters. The van der Waals surface area contributed by atoms with Gasteiger partial charge in [-0.05, 0) is 44.4 Å².